The minimum Gasteiger partial charge on any atom is -0.506 e. The molecule has 2 aromatic carbocycles. The van der Waals surface area contributed by atoms with Crippen molar-refractivity contribution in [3.8, 4) is 17.2 Å². The van der Waals surface area contributed by atoms with Gasteiger partial charge in [-0.15, -0.1) is 0 Å². The lowest BCUT2D eigenvalue weighted by Crippen LogP contribution is -2.32. The average molecular weight is 807 g/mol. The quantitative estimate of drug-likeness (QED) is 0.344. The highest BCUT2D eigenvalue weighted by molar-refractivity contribution is 14.1. The highest BCUT2D eigenvalue weighted by atomic mass is 127. The third-order valence-electron chi connectivity index (χ3n) is 3.04. The summed E-state index contributed by atoms with van der Waals surface area (Å²) in [5.74, 6) is 0.549. The van der Waals surface area contributed by atoms with Gasteiger partial charge in [-0.3, -0.25) is 4.79 Å². The zero-order valence-electron chi connectivity index (χ0n) is 13.9. The molecule has 0 radical (unpaired) electrons. The highest BCUT2D eigenvalue weighted by Crippen LogP contribution is 2.36. The molecule has 0 fully saturated rings. The summed E-state index contributed by atoms with van der Waals surface area (Å²) in [6.45, 7) is 4.00. The smallest absolute Gasteiger partial charge is 0.320 e. The molecule has 142 valence electrons. The van der Waals surface area contributed by atoms with Crippen LogP contribution in [-0.4, -0.2) is 22.2 Å². The maximum Gasteiger partial charge on any atom is 0.320 e. The Morgan fingerprint density at radius 1 is 1.04 bits per heavy atom. The largest absolute Gasteiger partial charge is 0.506 e. The third-order valence-corrected chi connectivity index (χ3v) is 6.29. The van der Waals surface area contributed by atoms with Crippen molar-refractivity contribution in [1.82, 2.24) is 0 Å². The van der Waals surface area contributed by atoms with Crippen LogP contribution in [0, 0.1) is 14.3 Å². The molecule has 0 aliphatic carbocycles. The number of carboxylic acid groups (broad SMARTS) is 1. The molecule has 2 aromatic rings. The Bertz CT molecular complexity index is 752. The number of rotatable bonds is 5. The number of aromatic hydroxyl groups is 1. The predicted octanol–water partition coefficient (Wildman–Crippen LogP) is 5.58. The molecule has 0 aliphatic heterocycles. The fraction of sp³-hybridized carbons (Fsp3) is 0.235. The zero-order chi connectivity index (χ0) is 20.0. The van der Waals surface area contributed by atoms with Gasteiger partial charge in [-0.2, -0.15) is 0 Å². The van der Waals surface area contributed by atoms with E-state index in [1.54, 1.807) is 12.1 Å². The number of hydrogen-bond donors (Lipinski definition) is 3. The number of benzene rings is 2. The molecule has 1 unspecified atom stereocenters. The number of hydrogen-bond acceptors (Lipinski definition) is 4. The van der Waals surface area contributed by atoms with Gasteiger partial charge in [0, 0.05) is 0 Å². The van der Waals surface area contributed by atoms with Crippen LogP contribution in [-0.2, 0) is 11.2 Å². The number of aliphatic carboxylic acids is 1. The molecular weight excluding hydrogens is 790 g/mol. The van der Waals surface area contributed by atoms with Crippen LogP contribution < -0.4 is 10.5 Å². The number of carbonyl (C=O) groups is 1. The minimum atomic E-state index is -1.02. The van der Waals surface area contributed by atoms with Gasteiger partial charge in [-0.05, 0) is 127 Å². The van der Waals surface area contributed by atoms with E-state index in [1.807, 2.05) is 26.0 Å². The first-order valence-electron chi connectivity index (χ1n) is 7.51. The molecule has 1 atom stereocenters. The van der Waals surface area contributed by atoms with E-state index in [0.29, 0.717) is 18.6 Å². The Morgan fingerprint density at radius 2 is 1.50 bits per heavy atom. The summed E-state index contributed by atoms with van der Waals surface area (Å²) in [6, 6.07) is 6.34. The Balaban J connectivity index is 0.00000163. The van der Waals surface area contributed by atoms with Crippen LogP contribution in [0.5, 0.6) is 17.2 Å². The first kappa shape index (κ1) is 24.4. The molecule has 0 saturated carbocycles. The first-order chi connectivity index (χ1) is 12.2. The number of phenolic OH excluding ortho intramolecular Hbond substituents is 1. The van der Waals surface area contributed by atoms with Crippen LogP contribution in [0.1, 0.15) is 19.4 Å². The second-order valence-electron chi connectivity index (χ2n) is 4.88. The molecule has 5 nitrogen and oxygen atoms in total. The lowest BCUT2D eigenvalue weighted by molar-refractivity contribution is -0.138. The van der Waals surface area contributed by atoms with Gasteiger partial charge >= 0.3 is 5.97 Å². The van der Waals surface area contributed by atoms with E-state index in [0.717, 1.165) is 12.7 Å². The van der Waals surface area contributed by atoms with E-state index in [9.17, 15) is 9.90 Å². The van der Waals surface area contributed by atoms with Crippen LogP contribution in [0.4, 0.5) is 0 Å². The summed E-state index contributed by atoms with van der Waals surface area (Å²) >= 11 is 8.42. The van der Waals surface area contributed by atoms with Crippen LogP contribution in [0.2, 0.25) is 0 Å². The van der Waals surface area contributed by atoms with E-state index < -0.39 is 12.0 Å². The number of ether oxygens (including phenoxy) is 1. The molecule has 2 rings (SSSR count). The standard InChI is InChI=1S/C15H11I4NO4.C2H6/c16-8-4-7(5-9(17)13(8)21)24-14-10(18)1-6(2-11(14)19)3-12(20)15(22)23;1-2/h1-2,4-5,12,21H,3,20H2,(H,22,23);1-2H3. The molecule has 0 spiro atoms. The van der Waals surface area contributed by atoms with Gasteiger partial charge in [0.25, 0.3) is 0 Å². The number of halogens is 4. The van der Waals surface area contributed by atoms with Crippen LogP contribution in [0.15, 0.2) is 24.3 Å². The summed E-state index contributed by atoms with van der Waals surface area (Å²) < 4.78 is 9.14. The second-order valence-corrected chi connectivity index (χ2v) is 9.52. The Labute approximate surface area is 207 Å². The number of nitrogens with two attached hydrogens (primary N) is 1. The summed E-state index contributed by atoms with van der Waals surface area (Å²) in [7, 11) is 0. The van der Waals surface area contributed by atoms with Crippen molar-refractivity contribution in [2.24, 2.45) is 5.73 Å². The van der Waals surface area contributed by atoms with Gasteiger partial charge in [0.1, 0.15) is 17.5 Å². The van der Waals surface area contributed by atoms with E-state index in [-0.39, 0.29) is 12.2 Å². The Hall–Kier alpha value is 0.390. The highest BCUT2D eigenvalue weighted by Gasteiger charge is 2.16. The van der Waals surface area contributed by atoms with E-state index in [1.165, 1.54) is 0 Å². The average Bonchev–Trinajstić information content (AvgIpc) is 2.57. The van der Waals surface area contributed by atoms with E-state index >= 15 is 0 Å². The van der Waals surface area contributed by atoms with Crippen molar-refractivity contribution in [3.63, 3.8) is 0 Å². The third kappa shape index (κ3) is 6.77. The van der Waals surface area contributed by atoms with Crippen LogP contribution in [0.3, 0.4) is 0 Å². The van der Waals surface area contributed by atoms with Crippen molar-refractivity contribution in [2.45, 2.75) is 26.3 Å². The molecule has 0 saturated heterocycles. The van der Waals surface area contributed by atoms with Crippen molar-refractivity contribution >= 4 is 96.3 Å². The second kappa shape index (κ2) is 11.4. The molecule has 4 N–H and O–H groups in total. The van der Waals surface area contributed by atoms with Crippen molar-refractivity contribution in [1.29, 1.82) is 0 Å². The van der Waals surface area contributed by atoms with Gasteiger partial charge in [0.05, 0.1) is 14.3 Å². The maximum atomic E-state index is 10.9. The van der Waals surface area contributed by atoms with E-state index in [4.69, 9.17) is 15.6 Å². The molecule has 0 heterocycles. The van der Waals surface area contributed by atoms with E-state index in [2.05, 4.69) is 90.4 Å². The number of carboxylic acids is 1. The lowest BCUT2D eigenvalue weighted by Gasteiger charge is -2.14. The molecule has 9 heteroatoms. The molecule has 0 bridgehead atoms. The van der Waals surface area contributed by atoms with Crippen molar-refractivity contribution in [3.05, 3.63) is 44.1 Å². The Kier molecular flexibility index (Phi) is 10.7. The predicted molar refractivity (Wildman–Crippen MR) is 136 cm³/mol. The zero-order valence-corrected chi connectivity index (χ0v) is 22.5. The minimum absolute atomic E-state index is 0.242. The molecule has 0 amide bonds. The van der Waals surface area contributed by atoms with Gasteiger partial charge < -0.3 is 20.7 Å². The monoisotopic (exact) mass is 807 g/mol. The molecular formula is C17H17I4NO4. The molecule has 26 heavy (non-hydrogen) atoms. The van der Waals surface area contributed by atoms with Crippen LogP contribution >= 0.6 is 90.4 Å². The number of phenols is 1. The summed E-state index contributed by atoms with van der Waals surface area (Å²) in [4.78, 5) is 10.9. The van der Waals surface area contributed by atoms with Gasteiger partial charge in [0.15, 0.2) is 5.75 Å². The lowest BCUT2D eigenvalue weighted by atomic mass is 10.1. The molecule has 0 aromatic heterocycles. The maximum absolute atomic E-state index is 10.9. The Morgan fingerprint density at radius 3 is 1.92 bits per heavy atom. The van der Waals surface area contributed by atoms with Crippen LogP contribution in [0.25, 0.3) is 0 Å². The summed E-state index contributed by atoms with van der Waals surface area (Å²) in [5.41, 5.74) is 6.44. The van der Waals surface area contributed by atoms with Gasteiger partial charge in [-0.1, -0.05) is 13.8 Å². The van der Waals surface area contributed by atoms with Crippen molar-refractivity contribution < 1.29 is 19.7 Å². The SMILES string of the molecule is CC.NC(Cc1cc(I)c(Oc2cc(I)c(O)c(I)c2)c(I)c1)C(=O)O. The van der Waals surface area contributed by atoms with Gasteiger partial charge in [0.2, 0.25) is 0 Å². The van der Waals surface area contributed by atoms with Gasteiger partial charge in [-0.25, -0.2) is 0 Å². The fourth-order valence-corrected chi connectivity index (χ4v) is 5.72. The molecule has 0 aliphatic rings. The topological polar surface area (TPSA) is 92.8 Å². The van der Waals surface area contributed by atoms with Crippen molar-refractivity contribution in [2.75, 3.05) is 0 Å². The fourth-order valence-electron chi connectivity index (χ4n) is 1.89. The summed E-state index contributed by atoms with van der Waals surface area (Å²) in [6.07, 6.45) is 0.261. The summed E-state index contributed by atoms with van der Waals surface area (Å²) in [5, 5.41) is 18.8. The normalized spacial score (nSPS) is 11.3. The first-order valence-corrected chi connectivity index (χ1v) is 11.8.